The number of benzene rings is 1. The molecular formula is C7H7LiO4S. The molecule has 0 atom stereocenters. The maximum atomic E-state index is 10.1. The van der Waals surface area contributed by atoms with Gasteiger partial charge >= 0.3 is 18.9 Å². The summed E-state index contributed by atoms with van der Waals surface area (Å²) in [5.41, 5.74) is 0.830. The smallest absolute Gasteiger partial charge is 0.716 e. The predicted octanol–water partition coefficient (Wildman–Crippen LogP) is -2.16. The largest absolute Gasteiger partial charge is 1.00 e. The van der Waals surface area contributed by atoms with E-state index in [2.05, 4.69) is 4.18 Å². The van der Waals surface area contributed by atoms with Gasteiger partial charge in [0.25, 0.3) is 10.4 Å². The SMILES string of the molecule is Cc1cccc(OS(=O)(=O)[O-])c1.[Li+]. The molecule has 0 aliphatic carbocycles. The molecule has 0 aliphatic rings. The molecule has 0 unspecified atom stereocenters. The van der Waals surface area contributed by atoms with Crippen molar-refractivity contribution in [2.75, 3.05) is 0 Å². The van der Waals surface area contributed by atoms with Gasteiger partial charge in [-0.15, -0.1) is 0 Å². The van der Waals surface area contributed by atoms with Crippen molar-refractivity contribution in [3.05, 3.63) is 29.8 Å². The second kappa shape index (κ2) is 4.68. The zero-order valence-corrected chi connectivity index (χ0v) is 8.17. The summed E-state index contributed by atoms with van der Waals surface area (Å²) in [4.78, 5) is 0. The van der Waals surface area contributed by atoms with E-state index in [1.54, 1.807) is 19.1 Å². The molecule has 1 aromatic rings. The van der Waals surface area contributed by atoms with Crippen LogP contribution in [-0.4, -0.2) is 13.0 Å². The van der Waals surface area contributed by atoms with Crippen LogP contribution in [0.15, 0.2) is 24.3 Å². The van der Waals surface area contributed by atoms with Gasteiger partial charge in [0.15, 0.2) is 0 Å². The fraction of sp³-hybridized carbons (Fsp3) is 0.143. The second-order valence-electron chi connectivity index (χ2n) is 2.31. The third-order valence-corrected chi connectivity index (χ3v) is 1.58. The van der Waals surface area contributed by atoms with Gasteiger partial charge in [-0.2, -0.15) is 0 Å². The first kappa shape index (κ1) is 12.5. The van der Waals surface area contributed by atoms with E-state index in [0.717, 1.165) is 5.56 Å². The molecule has 0 aromatic heterocycles. The fourth-order valence-electron chi connectivity index (χ4n) is 0.785. The van der Waals surface area contributed by atoms with Gasteiger partial charge in [-0.05, 0) is 24.6 Å². The molecule has 0 saturated heterocycles. The Kier molecular flexibility index (Phi) is 4.51. The van der Waals surface area contributed by atoms with Crippen molar-refractivity contribution in [2.45, 2.75) is 6.92 Å². The van der Waals surface area contributed by atoms with Crippen molar-refractivity contribution in [3.8, 4) is 5.75 Å². The summed E-state index contributed by atoms with van der Waals surface area (Å²) in [6, 6.07) is 6.25. The standard InChI is InChI=1S/C7H8O4S.Li/c1-6-3-2-4-7(5-6)11-12(8,9)10;/h2-5H,1H3,(H,8,9,10);/q;+1/p-1. The first-order valence-corrected chi connectivity index (χ1v) is 4.53. The van der Waals surface area contributed by atoms with Gasteiger partial charge in [-0.25, -0.2) is 8.42 Å². The number of hydrogen-bond acceptors (Lipinski definition) is 4. The monoisotopic (exact) mass is 194 g/mol. The topological polar surface area (TPSA) is 66.4 Å². The van der Waals surface area contributed by atoms with Crippen LogP contribution in [0.5, 0.6) is 5.75 Å². The van der Waals surface area contributed by atoms with Gasteiger partial charge in [0, 0.05) is 0 Å². The molecule has 6 heteroatoms. The minimum absolute atomic E-state index is 0. The average Bonchev–Trinajstić information content (AvgIpc) is 1.82. The van der Waals surface area contributed by atoms with Gasteiger partial charge in [0.2, 0.25) is 0 Å². The Bertz CT molecular complexity index is 374. The average molecular weight is 194 g/mol. The van der Waals surface area contributed by atoms with Crippen molar-refractivity contribution in [1.29, 1.82) is 0 Å². The molecule has 0 spiro atoms. The number of hydrogen-bond donors (Lipinski definition) is 0. The molecule has 0 heterocycles. The van der Waals surface area contributed by atoms with Crippen molar-refractivity contribution >= 4 is 10.4 Å². The van der Waals surface area contributed by atoms with E-state index in [1.165, 1.54) is 12.1 Å². The molecule has 0 fully saturated rings. The minimum Gasteiger partial charge on any atom is -0.716 e. The van der Waals surface area contributed by atoms with Crippen LogP contribution in [0.25, 0.3) is 0 Å². The summed E-state index contributed by atoms with van der Waals surface area (Å²) in [5, 5.41) is 0. The van der Waals surface area contributed by atoms with Crippen LogP contribution in [0.1, 0.15) is 5.56 Å². The summed E-state index contributed by atoms with van der Waals surface area (Å²) < 4.78 is 34.5. The summed E-state index contributed by atoms with van der Waals surface area (Å²) in [6.07, 6.45) is 0. The molecule has 0 saturated carbocycles. The normalized spacial score (nSPS) is 10.3. The number of rotatable bonds is 2. The van der Waals surface area contributed by atoms with Crippen molar-refractivity contribution in [1.82, 2.24) is 0 Å². The van der Waals surface area contributed by atoms with Crippen LogP contribution in [0.3, 0.4) is 0 Å². The Labute approximate surface area is 89.0 Å². The Morgan fingerprint density at radius 3 is 2.46 bits per heavy atom. The zero-order valence-electron chi connectivity index (χ0n) is 7.35. The van der Waals surface area contributed by atoms with Crippen LogP contribution in [-0.2, 0) is 10.4 Å². The molecule has 0 aliphatic heterocycles. The third-order valence-electron chi connectivity index (χ3n) is 1.19. The van der Waals surface area contributed by atoms with E-state index >= 15 is 0 Å². The molecule has 13 heavy (non-hydrogen) atoms. The second-order valence-corrected chi connectivity index (χ2v) is 3.29. The number of aryl methyl sites for hydroxylation is 1. The van der Waals surface area contributed by atoms with Crippen molar-refractivity contribution in [3.63, 3.8) is 0 Å². The molecule has 0 bridgehead atoms. The maximum absolute atomic E-state index is 10.1. The van der Waals surface area contributed by atoms with Crippen LogP contribution in [0.4, 0.5) is 0 Å². The molecule has 66 valence electrons. The maximum Gasteiger partial charge on any atom is 1.00 e. The summed E-state index contributed by atoms with van der Waals surface area (Å²) in [5.74, 6) is 0.0463. The van der Waals surface area contributed by atoms with Gasteiger partial charge in [0.05, 0.1) is 0 Å². The van der Waals surface area contributed by atoms with Crippen LogP contribution in [0.2, 0.25) is 0 Å². The third kappa shape index (κ3) is 4.96. The molecule has 1 aromatic carbocycles. The Morgan fingerprint density at radius 1 is 1.38 bits per heavy atom. The first-order chi connectivity index (χ1) is 5.47. The molecular weight excluding hydrogens is 187 g/mol. The van der Waals surface area contributed by atoms with Gasteiger partial charge in [0.1, 0.15) is 5.75 Å². The molecule has 0 amide bonds. The van der Waals surface area contributed by atoms with Crippen molar-refractivity contribution in [2.24, 2.45) is 0 Å². The van der Waals surface area contributed by atoms with Crippen LogP contribution >= 0.6 is 0 Å². The van der Waals surface area contributed by atoms with Crippen LogP contribution in [0, 0.1) is 6.92 Å². The van der Waals surface area contributed by atoms with E-state index in [1.807, 2.05) is 0 Å². The van der Waals surface area contributed by atoms with Gasteiger partial charge < -0.3 is 8.74 Å². The predicted molar refractivity (Wildman–Crippen MR) is 41.5 cm³/mol. The van der Waals surface area contributed by atoms with E-state index < -0.39 is 10.4 Å². The van der Waals surface area contributed by atoms with Gasteiger partial charge in [-0.3, -0.25) is 0 Å². The summed E-state index contributed by atoms with van der Waals surface area (Å²) in [6.45, 7) is 1.77. The van der Waals surface area contributed by atoms with E-state index in [9.17, 15) is 13.0 Å². The zero-order chi connectivity index (χ0) is 9.19. The Morgan fingerprint density at radius 2 is 2.00 bits per heavy atom. The van der Waals surface area contributed by atoms with E-state index in [0.29, 0.717) is 0 Å². The van der Waals surface area contributed by atoms with E-state index in [4.69, 9.17) is 0 Å². The molecule has 1 rings (SSSR count). The fourth-order valence-corrected chi connectivity index (χ4v) is 1.12. The van der Waals surface area contributed by atoms with Crippen LogP contribution < -0.4 is 23.0 Å². The quantitative estimate of drug-likeness (QED) is 0.305. The summed E-state index contributed by atoms with van der Waals surface area (Å²) in [7, 11) is -4.64. The molecule has 0 radical (unpaired) electrons. The Balaban J connectivity index is 0.00000144. The molecule has 4 nitrogen and oxygen atoms in total. The Hall–Kier alpha value is -0.473. The van der Waals surface area contributed by atoms with E-state index in [-0.39, 0.29) is 24.6 Å². The minimum atomic E-state index is -4.64. The van der Waals surface area contributed by atoms with Crippen molar-refractivity contribution < 1.29 is 36.0 Å². The first-order valence-electron chi connectivity index (χ1n) is 3.19. The van der Waals surface area contributed by atoms with Gasteiger partial charge in [-0.1, -0.05) is 12.1 Å². The molecule has 0 N–H and O–H groups in total. The summed E-state index contributed by atoms with van der Waals surface area (Å²) >= 11 is 0.